The summed E-state index contributed by atoms with van der Waals surface area (Å²) in [6.07, 6.45) is 3.26. The molecule has 3 rings (SSSR count). The molecule has 1 saturated heterocycles. The highest BCUT2D eigenvalue weighted by Crippen LogP contribution is 2.37. The molecule has 0 aromatic heterocycles. The largest absolute Gasteiger partial charge is 0.493 e. The zero-order valence-electron chi connectivity index (χ0n) is 20.6. The SMILES string of the molecule is C=CCc1cc(/C=C2/SC(=O)N(CC(=O)OC(C)C)C2=O)cc(OC)c1OCc1cccc([N+](=O)[O-])c1. The molecule has 1 fully saturated rings. The molecule has 0 bridgehead atoms. The fourth-order valence-electron chi connectivity index (χ4n) is 3.52. The second-order valence-electron chi connectivity index (χ2n) is 8.23. The topological polar surface area (TPSA) is 125 Å². The fourth-order valence-corrected chi connectivity index (χ4v) is 4.36. The monoisotopic (exact) mass is 526 g/mol. The van der Waals surface area contributed by atoms with Crippen molar-refractivity contribution in [3.63, 3.8) is 0 Å². The zero-order chi connectivity index (χ0) is 27.1. The lowest BCUT2D eigenvalue weighted by molar-refractivity contribution is -0.384. The van der Waals surface area contributed by atoms with Crippen molar-refractivity contribution in [1.29, 1.82) is 0 Å². The van der Waals surface area contributed by atoms with Gasteiger partial charge in [0.25, 0.3) is 16.8 Å². The average molecular weight is 527 g/mol. The maximum atomic E-state index is 12.8. The van der Waals surface area contributed by atoms with Crippen LogP contribution in [0, 0.1) is 10.1 Å². The Morgan fingerprint density at radius 3 is 2.65 bits per heavy atom. The van der Waals surface area contributed by atoms with Gasteiger partial charge >= 0.3 is 5.97 Å². The molecule has 194 valence electrons. The molecule has 2 aromatic rings. The molecule has 1 aliphatic rings. The third-order valence-electron chi connectivity index (χ3n) is 5.07. The lowest BCUT2D eigenvalue weighted by atomic mass is 10.0. The summed E-state index contributed by atoms with van der Waals surface area (Å²) in [5.74, 6) is -0.462. The van der Waals surface area contributed by atoms with Crippen LogP contribution in [0.1, 0.15) is 30.5 Å². The number of rotatable bonds is 11. The Bertz CT molecular complexity index is 1270. The van der Waals surface area contributed by atoms with Crippen molar-refractivity contribution in [2.45, 2.75) is 33.0 Å². The molecule has 0 radical (unpaired) electrons. The first kappa shape index (κ1) is 27.5. The summed E-state index contributed by atoms with van der Waals surface area (Å²) < 4.78 is 16.5. The van der Waals surface area contributed by atoms with Crippen LogP contribution in [0.4, 0.5) is 10.5 Å². The molecule has 0 aliphatic carbocycles. The van der Waals surface area contributed by atoms with Crippen LogP contribution in [-0.2, 0) is 27.4 Å². The van der Waals surface area contributed by atoms with Crippen LogP contribution in [0.25, 0.3) is 6.08 Å². The molecule has 1 aliphatic heterocycles. The van der Waals surface area contributed by atoms with Crippen molar-refractivity contribution in [3.05, 3.63) is 80.8 Å². The molecule has 37 heavy (non-hydrogen) atoms. The van der Waals surface area contributed by atoms with Crippen LogP contribution in [0.3, 0.4) is 0 Å². The van der Waals surface area contributed by atoms with E-state index in [4.69, 9.17) is 14.2 Å². The number of nitrogens with zero attached hydrogens (tertiary/aromatic N) is 2. The molecule has 1 heterocycles. The van der Waals surface area contributed by atoms with Crippen molar-refractivity contribution < 1.29 is 33.5 Å². The average Bonchev–Trinajstić information content (AvgIpc) is 3.10. The number of carbonyl (C=O) groups is 3. The van der Waals surface area contributed by atoms with E-state index in [1.54, 1.807) is 44.2 Å². The van der Waals surface area contributed by atoms with E-state index in [9.17, 15) is 24.5 Å². The number of non-ortho nitro benzene ring substituents is 1. The van der Waals surface area contributed by atoms with Crippen molar-refractivity contribution in [1.82, 2.24) is 4.90 Å². The normalized spacial score (nSPS) is 14.3. The van der Waals surface area contributed by atoms with Gasteiger partial charge in [-0.3, -0.25) is 29.4 Å². The molecule has 2 amide bonds. The van der Waals surface area contributed by atoms with Crippen molar-refractivity contribution in [2.24, 2.45) is 0 Å². The van der Waals surface area contributed by atoms with Gasteiger partial charge in [0.05, 0.1) is 23.0 Å². The first-order valence-corrected chi connectivity index (χ1v) is 12.1. The van der Waals surface area contributed by atoms with Crippen LogP contribution in [-0.4, -0.2) is 46.7 Å². The number of nitro benzene ring substituents is 1. The number of ether oxygens (including phenoxy) is 3. The van der Waals surface area contributed by atoms with Gasteiger partial charge in [-0.2, -0.15) is 0 Å². The first-order chi connectivity index (χ1) is 17.6. The molecule has 11 heteroatoms. The fraction of sp³-hybridized carbons (Fsp3) is 0.269. The number of thioether (sulfide) groups is 1. The van der Waals surface area contributed by atoms with E-state index in [0.717, 1.165) is 16.7 Å². The smallest absolute Gasteiger partial charge is 0.326 e. The predicted octanol–water partition coefficient (Wildman–Crippen LogP) is 4.90. The molecule has 10 nitrogen and oxygen atoms in total. The highest BCUT2D eigenvalue weighted by Gasteiger charge is 2.37. The van der Waals surface area contributed by atoms with E-state index in [-0.39, 0.29) is 23.3 Å². The van der Waals surface area contributed by atoms with Crippen molar-refractivity contribution in [3.8, 4) is 11.5 Å². The first-order valence-electron chi connectivity index (χ1n) is 11.3. The van der Waals surface area contributed by atoms with Crippen molar-refractivity contribution in [2.75, 3.05) is 13.7 Å². The number of hydrogen-bond donors (Lipinski definition) is 0. The summed E-state index contributed by atoms with van der Waals surface area (Å²) in [5, 5.41) is 10.5. The number of hydrogen-bond acceptors (Lipinski definition) is 9. The van der Waals surface area contributed by atoms with E-state index in [1.165, 1.54) is 25.3 Å². The maximum Gasteiger partial charge on any atom is 0.326 e. The quantitative estimate of drug-likeness (QED) is 0.132. The van der Waals surface area contributed by atoms with E-state index in [1.807, 2.05) is 0 Å². The number of methoxy groups -OCH3 is 1. The van der Waals surface area contributed by atoms with Crippen LogP contribution in [0.5, 0.6) is 11.5 Å². The number of amides is 2. The van der Waals surface area contributed by atoms with Crippen LogP contribution < -0.4 is 9.47 Å². The number of imide groups is 1. The number of esters is 1. The maximum absolute atomic E-state index is 12.8. The Labute approximate surface area is 218 Å². The summed E-state index contributed by atoms with van der Waals surface area (Å²) in [6, 6.07) is 9.55. The Kier molecular flexibility index (Phi) is 9.07. The number of allylic oxidation sites excluding steroid dienone is 1. The van der Waals surface area contributed by atoms with Gasteiger partial charge in [0.15, 0.2) is 11.5 Å². The molecule has 0 unspecified atom stereocenters. The highest BCUT2D eigenvalue weighted by atomic mass is 32.2. The third kappa shape index (κ3) is 6.98. The molecular formula is C26H26N2O8S. The predicted molar refractivity (Wildman–Crippen MR) is 138 cm³/mol. The van der Waals surface area contributed by atoms with E-state index < -0.39 is 28.6 Å². The molecule has 0 saturated carbocycles. The minimum atomic E-state index is -0.668. The highest BCUT2D eigenvalue weighted by molar-refractivity contribution is 8.18. The Balaban J connectivity index is 1.86. The van der Waals surface area contributed by atoms with E-state index in [0.29, 0.717) is 34.6 Å². The summed E-state index contributed by atoms with van der Waals surface area (Å²) in [6.45, 7) is 6.73. The van der Waals surface area contributed by atoms with E-state index >= 15 is 0 Å². The van der Waals surface area contributed by atoms with Gasteiger partial charge in [0, 0.05) is 17.7 Å². The van der Waals surface area contributed by atoms with E-state index in [2.05, 4.69) is 6.58 Å². The van der Waals surface area contributed by atoms with Gasteiger partial charge in [0.1, 0.15) is 13.2 Å². The van der Waals surface area contributed by atoms with Crippen LogP contribution in [0.15, 0.2) is 54.0 Å². The van der Waals surface area contributed by atoms with Gasteiger partial charge < -0.3 is 14.2 Å². The second-order valence-corrected chi connectivity index (χ2v) is 9.22. The van der Waals surface area contributed by atoms with Gasteiger partial charge in [-0.05, 0) is 61.4 Å². The number of nitro groups is 1. The van der Waals surface area contributed by atoms with Crippen LogP contribution in [0.2, 0.25) is 0 Å². The minimum absolute atomic E-state index is 0.0406. The van der Waals surface area contributed by atoms with Crippen LogP contribution >= 0.6 is 11.8 Å². The van der Waals surface area contributed by atoms with Gasteiger partial charge in [-0.25, -0.2) is 0 Å². The third-order valence-corrected chi connectivity index (χ3v) is 5.98. The molecule has 0 atom stereocenters. The molecule has 0 N–H and O–H groups in total. The van der Waals surface area contributed by atoms with Gasteiger partial charge in [0.2, 0.25) is 0 Å². The lowest BCUT2D eigenvalue weighted by Crippen LogP contribution is -2.35. The Hall–Kier alpha value is -4.12. The standard InChI is InChI=1S/C26H26N2O8S/c1-5-7-19-10-18(13-22-25(30)27(26(31)37-22)14-23(29)36-16(2)3)12-21(34-4)24(19)35-15-17-8-6-9-20(11-17)28(32)33/h5-6,8-13,16H,1,7,14-15H2,2-4H3/b22-13+. The summed E-state index contributed by atoms with van der Waals surface area (Å²) >= 11 is 0.729. The summed E-state index contributed by atoms with van der Waals surface area (Å²) in [5.41, 5.74) is 1.84. The van der Waals surface area contributed by atoms with Gasteiger partial charge in [-0.1, -0.05) is 18.2 Å². The zero-order valence-corrected chi connectivity index (χ0v) is 21.4. The number of benzene rings is 2. The molecule has 2 aromatic carbocycles. The number of carbonyl (C=O) groups excluding carboxylic acids is 3. The second kappa shape index (κ2) is 12.2. The van der Waals surface area contributed by atoms with Crippen molar-refractivity contribution >= 4 is 40.6 Å². The summed E-state index contributed by atoms with van der Waals surface area (Å²) in [4.78, 5) is 48.7. The Morgan fingerprint density at radius 2 is 2.00 bits per heavy atom. The summed E-state index contributed by atoms with van der Waals surface area (Å²) in [7, 11) is 1.46. The lowest BCUT2D eigenvalue weighted by Gasteiger charge is -2.16. The Morgan fingerprint density at radius 1 is 1.24 bits per heavy atom. The minimum Gasteiger partial charge on any atom is -0.493 e. The molecular weight excluding hydrogens is 500 g/mol. The molecule has 0 spiro atoms. The van der Waals surface area contributed by atoms with Gasteiger partial charge in [-0.15, -0.1) is 6.58 Å².